The van der Waals surface area contributed by atoms with Gasteiger partial charge in [-0.05, 0) is 30.3 Å². The zero-order chi connectivity index (χ0) is 20.9. The minimum Gasteiger partial charge on any atom is -0.467 e. The van der Waals surface area contributed by atoms with E-state index >= 15 is 0 Å². The van der Waals surface area contributed by atoms with Crippen molar-refractivity contribution in [3.8, 4) is 5.88 Å². The van der Waals surface area contributed by atoms with E-state index in [2.05, 4.69) is 15.0 Å². The second kappa shape index (κ2) is 8.87. The van der Waals surface area contributed by atoms with Gasteiger partial charge in [-0.3, -0.25) is 9.59 Å². The molecule has 0 aliphatic rings. The number of alkyl halides is 3. The summed E-state index contributed by atoms with van der Waals surface area (Å²) in [5, 5.41) is 2.21. The first-order valence-corrected chi connectivity index (χ1v) is 8.09. The smallest absolute Gasteiger partial charge is 0.422 e. The number of carbonyl (C=O) groups is 2. The average Bonchev–Trinajstić information content (AvgIpc) is 2.61. The highest BCUT2D eigenvalue weighted by atomic mass is 35.5. The lowest BCUT2D eigenvalue weighted by Gasteiger charge is -2.17. The standard InChI is InChI=1S/C17H14ClF4N3O3/c1-25(8-14(26)24-12-4-2-11(19)3-5-12)16(27)10-6-13(18)15(23-7-10)28-9-17(20,21)22/h2-7H,8-9H2,1H3,(H,24,26). The van der Waals surface area contributed by atoms with Crippen LogP contribution in [0, 0.1) is 5.82 Å². The van der Waals surface area contributed by atoms with Crippen molar-refractivity contribution in [1.29, 1.82) is 0 Å². The number of rotatable bonds is 6. The van der Waals surface area contributed by atoms with Crippen molar-refractivity contribution in [2.45, 2.75) is 6.18 Å². The first kappa shape index (κ1) is 21.4. The van der Waals surface area contributed by atoms with Gasteiger partial charge >= 0.3 is 6.18 Å². The van der Waals surface area contributed by atoms with Gasteiger partial charge < -0.3 is 15.0 Å². The van der Waals surface area contributed by atoms with E-state index in [-0.39, 0.29) is 17.1 Å². The molecule has 0 unspecified atom stereocenters. The third-order valence-corrected chi connectivity index (χ3v) is 3.55. The van der Waals surface area contributed by atoms with Crippen LogP contribution in [-0.2, 0) is 4.79 Å². The average molecular weight is 420 g/mol. The fourth-order valence-corrected chi connectivity index (χ4v) is 2.26. The monoisotopic (exact) mass is 419 g/mol. The molecule has 1 N–H and O–H groups in total. The van der Waals surface area contributed by atoms with Gasteiger partial charge in [0.1, 0.15) is 10.8 Å². The molecule has 6 nitrogen and oxygen atoms in total. The molecule has 0 spiro atoms. The van der Waals surface area contributed by atoms with Gasteiger partial charge in [0.15, 0.2) is 6.61 Å². The molecule has 0 atom stereocenters. The van der Waals surface area contributed by atoms with Crippen molar-refractivity contribution in [2.75, 3.05) is 25.5 Å². The predicted molar refractivity (Wildman–Crippen MR) is 92.8 cm³/mol. The third-order valence-electron chi connectivity index (χ3n) is 3.28. The highest BCUT2D eigenvalue weighted by Gasteiger charge is 2.29. The number of ether oxygens (including phenoxy) is 1. The third kappa shape index (κ3) is 6.38. The molecule has 150 valence electrons. The molecule has 0 saturated carbocycles. The first-order valence-electron chi connectivity index (χ1n) is 7.71. The summed E-state index contributed by atoms with van der Waals surface area (Å²) in [7, 11) is 1.34. The fraction of sp³-hybridized carbons (Fsp3) is 0.235. The van der Waals surface area contributed by atoms with Crippen molar-refractivity contribution in [1.82, 2.24) is 9.88 Å². The topological polar surface area (TPSA) is 71.5 Å². The van der Waals surface area contributed by atoms with Crippen LogP contribution < -0.4 is 10.1 Å². The summed E-state index contributed by atoms with van der Waals surface area (Å²) >= 11 is 5.80. The Morgan fingerprint density at radius 2 is 1.89 bits per heavy atom. The highest BCUT2D eigenvalue weighted by Crippen LogP contribution is 2.25. The lowest BCUT2D eigenvalue weighted by Crippen LogP contribution is -2.35. The second-order valence-corrected chi connectivity index (χ2v) is 6.04. The van der Waals surface area contributed by atoms with Gasteiger partial charge in [-0.25, -0.2) is 9.37 Å². The summed E-state index contributed by atoms with van der Waals surface area (Å²) < 4.78 is 53.8. The van der Waals surface area contributed by atoms with Gasteiger partial charge in [-0.15, -0.1) is 0 Å². The molecule has 0 fully saturated rings. The van der Waals surface area contributed by atoms with Crippen LogP contribution in [0.25, 0.3) is 0 Å². The minimum atomic E-state index is -4.56. The molecule has 2 rings (SSSR count). The minimum absolute atomic E-state index is 0.0403. The number of benzene rings is 1. The van der Waals surface area contributed by atoms with Gasteiger partial charge in [-0.1, -0.05) is 11.6 Å². The Bertz CT molecular complexity index is 860. The summed E-state index contributed by atoms with van der Waals surface area (Å²) in [6.07, 6.45) is -3.56. The first-order chi connectivity index (χ1) is 13.0. The number of hydrogen-bond acceptors (Lipinski definition) is 4. The molecule has 2 amide bonds. The van der Waals surface area contributed by atoms with Gasteiger partial charge in [-0.2, -0.15) is 13.2 Å². The Labute approximate surface area is 162 Å². The Morgan fingerprint density at radius 3 is 2.46 bits per heavy atom. The zero-order valence-corrected chi connectivity index (χ0v) is 15.1. The predicted octanol–water partition coefficient (Wildman–Crippen LogP) is 3.53. The Balaban J connectivity index is 1.97. The molecule has 0 radical (unpaired) electrons. The summed E-state index contributed by atoms with van der Waals surface area (Å²) in [5.74, 6) is -2.10. The largest absolute Gasteiger partial charge is 0.467 e. The van der Waals surface area contributed by atoms with E-state index in [1.807, 2.05) is 0 Å². The number of pyridine rings is 1. The number of nitrogens with one attached hydrogen (secondary N) is 1. The van der Waals surface area contributed by atoms with Crippen LogP contribution in [-0.4, -0.2) is 48.1 Å². The summed E-state index contributed by atoms with van der Waals surface area (Å²) in [4.78, 5) is 29.0. The zero-order valence-electron chi connectivity index (χ0n) is 14.4. The Morgan fingerprint density at radius 1 is 1.25 bits per heavy atom. The normalized spacial score (nSPS) is 11.1. The fourth-order valence-electron chi connectivity index (χ4n) is 2.04. The molecule has 0 aliphatic carbocycles. The van der Waals surface area contributed by atoms with Crippen LogP contribution >= 0.6 is 11.6 Å². The van der Waals surface area contributed by atoms with Gasteiger partial charge in [0, 0.05) is 18.9 Å². The van der Waals surface area contributed by atoms with E-state index in [1.165, 1.54) is 31.3 Å². The van der Waals surface area contributed by atoms with Gasteiger partial charge in [0.25, 0.3) is 5.91 Å². The molecular weight excluding hydrogens is 406 g/mol. The molecule has 1 heterocycles. The van der Waals surface area contributed by atoms with Crippen LogP contribution in [0.4, 0.5) is 23.2 Å². The molecular formula is C17H14ClF4N3O3. The lowest BCUT2D eigenvalue weighted by molar-refractivity contribution is -0.154. The van der Waals surface area contributed by atoms with Crippen molar-refractivity contribution in [2.24, 2.45) is 0 Å². The SMILES string of the molecule is CN(CC(=O)Nc1ccc(F)cc1)C(=O)c1cnc(OCC(F)(F)F)c(Cl)c1. The number of nitrogens with zero attached hydrogens (tertiary/aromatic N) is 2. The van der Waals surface area contributed by atoms with E-state index in [0.717, 1.165) is 17.2 Å². The molecule has 11 heteroatoms. The van der Waals surface area contributed by atoms with E-state index in [1.54, 1.807) is 0 Å². The summed E-state index contributed by atoms with van der Waals surface area (Å²) in [5.41, 5.74) is 0.310. The Kier molecular flexibility index (Phi) is 6.79. The Hall–Kier alpha value is -2.88. The lowest BCUT2D eigenvalue weighted by atomic mass is 10.2. The number of halogens is 5. The van der Waals surface area contributed by atoms with E-state index in [4.69, 9.17) is 11.6 Å². The number of anilines is 1. The van der Waals surface area contributed by atoms with Crippen LogP contribution in [0.1, 0.15) is 10.4 Å². The number of hydrogen-bond donors (Lipinski definition) is 1. The highest BCUT2D eigenvalue weighted by molar-refractivity contribution is 6.32. The van der Waals surface area contributed by atoms with Crippen LogP contribution in [0.3, 0.4) is 0 Å². The van der Waals surface area contributed by atoms with Gasteiger partial charge in [0.05, 0.1) is 12.1 Å². The van der Waals surface area contributed by atoms with E-state index in [0.29, 0.717) is 5.69 Å². The quantitative estimate of drug-likeness (QED) is 0.727. The second-order valence-electron chi connectivity index (χ2n) is 5.63. The maximum Gasteiger partial charge on any atom is 0.422 e. The molecule has 0 bridgehead atoms. The van der Waals surface area contributed by atoms with E-state index < -0.39 is 36.3 Å². The van der Waals surface area contributed by atoms with Gasteiger partial charge in [0.2, 0.25) is 11.8 Å². The van der Waals surface area contributed by atoms with Crippen LogP contribution in [0.15, 0.2) is 36.5 Å². The number of amides is 2. The molecule has 2 aromatic rings. The molecule has 0 aliphatic heterocycles. The number of likely N-dealkylation sites (N-methyl/N-ethyl adjacent to an activating group) is 1. The molecule has 1 aromatic heterocycles. The maximum atomic E-state index is 12.8. The van der Waals surface area contributed by atoms with Crippen molar-refractivity contribution in [3.05, 3.63) is 52.9 Å². The molecule has 28 heavy (non-hydrogen) atoms. The number of aromatic nitrogens is 1. The molecule has 0 saturated heterocycles. The molecule has 1 aromatic carbocycles. The van der Waals surface area contributed by atoms with Crippen LogP contribution in [0.2, 0.25) is 5.02 Å². The van der Waals surface area contributed by atoms with E-state index in [9.17, 15) is 27.2 Å². The number of carbonyl (C=O) groups excluding carboxylic acids is 2. The van der Waals surface area contributed by atoms with Crippen LogP contribution in [0.5, 0.6) is 5.88 Å². The summed E-state index contributed by atoms with van der Waals surface area (Å²) in [6.45, 7) is -1.91. The van der Waals surface area contributed by atoms with Crippen molar-refractivity contribution in [3.63, 3.8) is 0 Å². The van der Waals surface area contributed by atoms with Crippen molar-refractivity contribution < 1.29 is 31.9 Å². The summed E-state index contributed by atoms with van der Waals surface area (Å²) in [6, 6.07) is 6.15. The van der Waals surface area contributed by atoms with Crippen molar-refractivity contribution >= 4 is 29.1 Å². The maximum absolute atomic E-state index is 12.8.